The Morgan fingerprint density at radius 1 is 1.37 bits per heavy atom. The molecule has 1 aliphatic heterocycles. The minimum absolute atomic E-state index is 0.0349. The Hall–Kier alpha value is -1.26. The number of hydrogen-bond donors (Lipinski definition) is 3. The van der Waals surface area contributed by atoms with Gasteiger partial charge in [-0.3, -0.25) is 0 Å². The molecule has 3 unspecified atom stereocenters. The lowest BCUT2D eigenvalue weighted by molar-refractivity contribution is 0.163. The third kappa shape index (κ3) is 3.39. The van der Waals surface area contributed by atoms with E-state index in [1.54, 1.807) is 12.1 Å². The second kappa shape index (κ2) is 5.80. The number of piperidine rings is 1. The van der Waals surface area contributed by atoms with Gasteiger partial charge in [-0.25, -0.2) is 0 Å². The van der Waals surface area contributed by atoms with Crippen LogP contribution in [-0.2, 0) is 0 Å². The van der Waals surface area contributed by atoms with Crippen molar-refractivity contribution in [3.63, 3.8) is 0 Å². The van der Waals surface area contributed by atoms with Gasteiger partial charge in [0, 0.05) is 23.7 Å². The Labute approximate surface area is 115 Å². The van der Waals surface area contributed by atoms with Gasteiger partial charge in [-0.1, -0.05) is 0 Å². The van der Waals surface area contributed by atoms with E-state index in [0.29, 0.717) is 12.1 Å². The molecule has 3 N–H and O–H groups in total. The molecule has 3 atom stereocenters. The largest absolute Gasteiger partial charge is 0.508 e. The monoisotopic (exact) mass is 264 g/mol. The second-order valence-electron chi connectivity index (χ2n) is 5.68. The molecule has 1 saturated heterocycles. The zero-order valence-corrected chi connectivity index (χ0v) is 11.9. The van der Waals surface area contributed by atoms with Crippen LogP contribution >= 0.6 is 0 Å². The highest BCUT2D eigenvalue weighted by Gasteiger charge is 2.24. The first-order chi connectivity index (χ1) is 8.97. The van der Waals surface area contributed by atoms with Crippen LogP contribution in [0.15, 0.2) is 18.2 Å². The number of benzene rings is 1. The van der Waals surface area contributed by atoms with Gasteiger partial charge in [0.25, 0.3) is 0 Å². The molecule has 0 aromatic heterocycles. The molecule has 4 heteroatoms. The molecule has 0 bridgehead atoms. The van der Waals surface area contributed by atoms with Gasteiger partial charge in [-0.2, -0.15) is 0 Å². The molecule has 1 aromatic rings. The summed E-state index contributed by atoms with van der Waals surface area (Å²) in [5.41, 5.74) is 0.756. The summed E-state index contributed by atoms with van der Waals surface area (Å²) in [6.45, 7) is 5.36. The average molecular weight is 264 g/mol. The number of likely N-dealkylation sites (tertiary alicyclic amines) is 1. The summed E-state index contributed by atoms with van der Waals surface area (Å²) in [7, 11) is 2.16. The summed E-state index contributed by atoms with van der Waals surface area (Å²) in [4.78, 5) is 2.37. The third-order valence-electron chi connectivity index (χ3n) is 4.17. The van der Waals surface area contributed by atoms with E-state index < -0.39 is 0 Å². The lowest BCUT2D eigenvalue weighted by Crippen LogP contribution is -2.46. The van der Waals surface area contributed by atoms with Crippen LogP contribution in [0.3, 0.4) is 0 Å². The van der Waals surface area contributed by atoms with Gasteiger partial charge in [-0.05, 0) is 58.5 Å². The fourth-order valence-electron chi connectivity index (χ4n) is 2.77. The number of rotatable bonds is 3. The minimum atomic E-state index is 0.0349. The van der Waals surface area contributed by atoms with E-state index in [1.807, 2.05) is 6.92 Å². The first kappa shape index (κ1) is 14.2. The Kier molecular flexibility index (Phi) is 4.32. The number of phenols is 2. The normalized spacial score (nSPS) is 26.3. The van der Waals surface area contributed by atoms with Crippen molar-refractivity contribution in [2.45, 2.75) is 44.8 Å². The lowest BCUT2D eigenvalue weighted by Gasteiger charge is -2.36. The van der Waals surface area contributed by atoms with Crippen LogP contribution < -0.4 is 5.32 Å². The van der Waals surface area contributed by atoms with Crippen molar-refractivity contribution < 1.29 is 10.2 Å². The van der Waals surface area contributed by atoms with E-state index in [1.165, 1.54) is 6.07 Å². The van der Waals surface area contributed by atoms with Crippen LogP contribution in [0.25, 0.3) is 0 Å². The molecule has 0 saturated carbocycles. The highest BCUT2D eigenvalue weighted by Crippen LogP contribution is 2.29. The molecule has 106 valence electrons. The Bertz CT molecular complexity index is 436. The molecule has 0 aliphatic carbocycles. The second-order valence-corrected chi connectivity index (χ2v) is 5.68. The van der Waals surface area contributed by atoms with Gasteiger partial charge in [0.15, 0.2) is 0 Å². The molecule has 0 spiro atoms. The van der Waals surface area contributed by atoms with E-state index in [2.05, 4.69) is 24.2 Å². The quantitative estimate of drug-likeness (QED) is 0.733. The fraction of sp³-hybridized carbons (Fsp3) is 0.600. The van der Waals surface area contributed by atoms with Crippen molar-refractivity contribution in [1.29, 1.82) is 0 Å². The van der Waals surface area contributed by atoms with E-state index in [-0.39, 0.29) is 17.5 Å². The Balaban J connectivity index is 2.01. The summed E-state index contributed by atoms with van der Waals surface area (Å²) in [6, 6.07) is 5.75. The van der Waals surface area contributed by atoms with E-state index in [9.17, 15) is 10.2 Å². The molecule has 1 heterocycles. The average Bonchev–Trinajstić information content (AvgIpc) is 2.36. The summed E-state index contributed by atoms with van der Waals surface area (Å²) < 4.78 is 0. The molecule has 1 aromatic carbocycles. The van der Waals surface area contributed by atoms with Crippen LogP contribution in [0.4, 0.5) is 0 Å². The number of aromatic hydroxyl groups is 2. The van der Waals surface area contributed by atoms with Crippen molar-refractivity contribution in [1.82, 2.24) is 10.2 Å². The van der Waals surface area contributed by atoms with Crippen LogP contribution in [0.2, 0.25) is 0 Å². The van der Waals surface area contributed by atoms with Crippen molar-refractivity contribution in [2.24, 2.45) is 0 Å². The Morgan fingerprint density at radius 3 is 2.79 bits per heavy atom. The van der Waals surface area contributed by atoms with Gasteiger partial charge in [0.2, 0.25) is 0 Å². The lowest BCUT2D eigenvalue weighted by atomic mass is 9.97. The fourth-order valence-corrected chi connectivity index (χ4v) is 2.77. The SMILES string of the molecule is CC(NC1CCN(C)C(C)C1)c1cc(O)ccc1O. The number of nitrogens with zero attached hydrogens (tertiary/aromatic N) is 1. The first-order valence-electron chi connectivity index (χ1n) is 6.95. The van der Waals surface area contributed by atoms with Gasteiger partial charge in [0.1, 0.15) is 11.5 Å². The number of hydrogen-bond acceptors (Lipinski definition) is 4. The van der Waals surface area contributed by atoms with Crippen molar-refractivity contribution in [3.05, 3.63) is 23.8 Å². The maximum absolute atomic E-state index is 9.87. The first-order valence-corrected chi connectivity index (χ1v) is 6.95. The maximum atomic E-state index is 9.87. The van der Waals surface area contributed by atoms with Crippen LogP contribution in [0.1, 0.15) is 38.3 Å². The van der Waals surface area contributed by atoms with Gasteiger partial charge in [0.05, 0.1) is 0 Å². The molecular weight excluding hydrogens is 240 g/mol. The van der Waals surface area contributed by atoms with Crippen molar-refractivity contribution in [3.8, 4) is 11.5 Å². The molecule has 0 radical (unpaired) electrons. The molecule has 19 heavy (non-hydrogen) atoms. The summed E-state index contributed by atoms with van der Waals surface area (Å²) in [6.07, 6.45) is 2.23. The molecule has 0 amide bonds. The van der Waals surface area contributed by atoms with E-state index in [4.69, 9.17) is 0 Å². The Morgan fingerprint density at radius 2 is 2.11 bits per heavy atom. The van der Waals surface area contributed by atoms with Crippen molar-refractivity contribution >= 4 is 0 Å². The molecule has 1 fully saturated rings. The smallest absolute Gasteiger partial charge is 0.120 e. The highest BCUT2D eigenvalue weighted by atomic mass is 16.3. The summed E-state index contributed by atoms with van der Waals surface area (Å²) >= 11 is 0. The van der Waals surface area contributed by atoms with Gasteiger partial charge in [-0.15, -0.1) is 0 Å². The maximum Gasteiger partial charge on any atom is 0.120 e. The molecule has 4 nitrogen and oxygen atoms in total. The number of nitrogens with one attached hydrogen (secondary N) is 1. The van der Waals surface area contributed by atoms with Gasteiger partial charge >= 0.3 is 0 Å². The van der Waals surface area contributed by atoms with E-state index >= 15 is 0 Å². The molecule has 2 rings (SSSR count). The predicted octanol–water partition coefficient (Wildman–Crippen LogP) is 2.23. The topological polar surface area (TPSA) is 55.7 Å². The molecular formula is C15H24N2O2. The standard InChI is InChI=1S/C15H24N2O2/c1-10-8-12(6-7-17(10)3)16-11(2)14-9-13(18)4-5-15(14)19/h4-5,9-12,16,18-19H,6-8H2,1-3H3. The van der Waals surface area contributed by atoms with Crippen LogP contribution in [-0.4, -0.2) is 40.8 Å². The zero-order chi connectivity index (χ0) is 14.0. The summed E-state index contributed by atoms with van der Waals surface area (Å²) in [5.74, 6) is 0.428. The molecule has 1 aliphatic rings. The highest BCUT2D eigenvalue weighted by molar-refractivity contribution is 5.40. The zero-order valence-electron chi connectivity index (χ0n) is 11.9. The van der Waals surface area contributed by atoms with Crippen LogP contribution in [0, 0.1) is 0 Å². The number of phenolic OH excluding ortho intramolecular Hbond substituents is 2. The summed E-state index contributed by atoms with van der Waals surface area (Å²) in [5, 5.41) is 22.9. The third-order valence-corrected chi connectivity index (χ3v) is 4.17. The van der Waals surface area contributed by atoms with E-state index in [0.717, 1.165) is 24.9 Å². The minimum Gasteiger partial charge on any atom is -0.508 e. The van der Waals surface area contributed by atoms with Crippen LogP contribution in [0.5, 0.6) is 11.5 Å². The predicted molar refractivity (Wildman–Crippen MR) is 76.4 cm³/mol. The van der Waals surface area contributed by atoms with Crippen molar-refractivity contribution in [2.75, 3.05) is 13.6 Å². The van der Waals surface area contributed by atoms with Gasteiger partial charge < -0.3 is 20.4 Å².